The summed E-state index contributed by atoms with van der Waals surface area (Å²) in [7, 11) is -4.95. The summed E-state index contributed by atoms with van der Waals surface area (Å²) in [5.74, 6) is -0.552. The number of hydrogen-bond acceptors (Lipinski definition) is 5. The van der Waals surface area contributed by atoms with Crippen molar-refractivity contribution < 1.29 is 23.8 Å². The molecule has 0 heterocycles. The third-order valence-electron chi connectivity index (χ3n) is 10.7. The topological polar surface area (TPSA) is 68.2 Å². The molecule has 0 bridgehead atoms. The van der Waals surface area contributed by atoms with Gasteiger partial charge in [0.2, 0.25) is 0 Å². The van der Waals surface area contributed by atoms with Crippen LogP contribution in [0.5, 0.6) is 0 Å². The molecule has 0 saturated heterocycles. The summed E-state index contributed by atoms with van der Waals surface area (Å²) >= 11 is 0. The Morgan fingerprint density at radius 1 is 0.688 bits per heavy atom. The zero-order chi connectivity index (χ0) is 35.8. The molecule has 6 atom stereocenters. The van der Waals surface area contributed by atoms with Gasteiger partial charge in [0, 0.05) is 31.0 Å². The lowest BCUT2D eigenvalue weighted by molar-refractivity contribution is -0.103. The van der Waals surface area contributed by atoms with Crippen LogP contribution in [0, 0.1) is 17.8 Å². The van der Waals surface area contributed by atoms with Gasteiger partial charge in [-0.05, 0) is 45.5 Å². The molecule has 0 radical (unpaired) electrons. The molecule has 0 aromatic heterocycles. The Labute approximate surface area is 294 Å². The average Bonchev–Trinajstić information content (AvgIpc) is 3.05. The maximum Gasteiger partial charge on any atom is 0.261 e. The quantitative estimate of drug-likeness (QED) is 0.140. The Morgan fingerprint density at radius 2 is 1.17 bits per heavy atom. The van der Waals surface area contributed by atoms with E-state index in [1.165, 1.54) is 10.4 Å². The zero-order valence-electron chi connectivity index (χ0n) is 31.6. The molecule has 0 aliphatic heterocycles. The molecule has 0 aliphatic carbocycles. The van der Waals surface area contributed by atoms with Crippen molar-refractivity contribution in [1.29, 1.82) is 0 Å². The van der Waals surface area contributed by atoms with Gasteiger partial charge < -0.3 is 23.8 Å². The van der Waals surface area contributed by atoms with Gasteiger partial charge >= 0.3 is 0 Å². The van der Waals surface area contributed by atoms with E-state index in [9.17, 15) is 10.2 Å². The second-order valence-electron chi connectivity index (χ2n) is 16.3. The Hall–Kier alpha value is -2.11. The molecule has 3 rings (SSSR count). The summed E-state index contributed by atoms with van der Waals surface area (Å²) < 4.78 is 21.4. The Kier molecular flexibility index (Phi) is 14.5. The number of benzene rings is 3. The van der Waals surface area contributed by atoms with Crippen molar-refractivity contribution in [2.45, 2.75) is 117 Å². The van der Waals surface area contributed by atoms with E-state index >= 15 is 0 Å². The molecule has 0 spiro atoms. The van der Waals surface area contributed by atoms with Gasteiger partial charge in [-0.25, -0.2) is 0 Å². The first-order valence-corrected chi connectivity index (χ1v) is 22.6. The summed E-state index contributed by atoms with van der Waals surface area (Å²) in [6.07, 6.45) is -0.497. The summed E-state index contributed by atoms with van der Waals surface area (Å²) in [4.78, 5) is 0. The standard InChI is InChI=1S/C41H64O5Si2/c1-31(29-42)38(43)33(3)39(44-30-34-21-15-12-16-22-34)32(2)37(46-47(10,11)40(4,5)6)27-28-45-48(41(7,8)9,35-23-17-13-18-24-35)36-25-19-14-20-26-36/h12-26,31-33,37-39,42-43H,27-30H2,1-11H3/t31-,32-,33+,37-,38-,39-/m0/s1. The van der Waals surface area contributed by atoms with E-state index in [-0.39, 0.29) is 46.6 Å². The van der Waals surface area contributed by atoms with E-state index in [4.69, 9.17) is 13.6 Å². The Morgan fingerprint density at radius 3 is 1.60 bits per heavy atom. The fraction of sp³-hybridized carbons (Fsp3) is 0.561. The van der Waals surface area contributed by atoms with Crippen LogP contribution < -0.4 is 10.4 Å². The van der Waals surface area contributed by atoms with Crippen LogP contribution in [0.4, 0.5) is 0 Å². The fourth-order valence-electron chi connectivity index (χ4n) is 6.66. The molecule has 2 N–H and O–H groups in total. The lowest BCUT2D eigenvalue weighted by Crippen LogP contribution is -2.66. The van der Waals surface area contributed by atoms with Crippen molar-refractivity contribution >= 4 is 27.0 Å². The van der Waals surface area contributed by atoms with Crippen molar-refractivity contribution in [3.05, 3.63) is 96.6 Å². The molecule has 0 aliphatic rings. The fourth-order valence-corrected chi connectivity index (χ4v) is 12.7. The van der Waals surface area contributed by atoms with E-state index in [0.717, 1.165) is 5.56 Å². The summed E-state index contributed by atoms with van der Waals surface area (Å²) in [6.45, 7) is 25.4. The monoisotopic (exact) mass is 692 g/mol. The minimum absolute atomic E-state index is 0.0146. The molecule has 3 aromatic rings. The normalized spacial score (nSPS) is 16.9. The maximum absolute atomic E-state index is 11.4. The molecular weight excluding hydrogens is 629 g/mol. The van der Waals surface area contributed by atoms with E-state index < -0.39 is 22.7 Å². The summed E-state index contributed by atoms with van der Waals surface area (Å²) in [5, 5.41) is 23.7. The van der Waals surface area contributed by atoms with Crippen molar-refractivity contribution in [2.75, 3.05) is 13.2 Å². The highest BCUT2D eigenvalue weighted by molar-refractivity contribution is 6.99. The third kappa shape index (κ3) is 9.78. The van der Waals surface area contributed by atoms with Gasteiger partial charge in [0.25, 0.3) is 8.32 Å². The lowest BCUT2D eigenvalue weighted by atomic mass is 9.81. The smallest absolute Gasteiger partial charge is 0.261 e. The number of ether oxygens (including phenoxy) is 1. The van der Waals surface area contributed by atoms with Gasteiger partial charge in [0.05, 0.1) is 24.9 Å². The third-order valence-corrected chi connectivity index (χ3v) is 20.3. The van der Waals surface area contributed by atoms with Crippen LogP contribution in [0.3, 0.4) is 0 Å². The highest BCUT2D eigenvalue weighted by Crippen LogP contribution is 2.41. The predicted molar refractivity (Wildman–Crippen MR) is 206 cm³/mol. The van der Waals surface area contributed by atoms with Crippen LogP contribution in [0.25, 0.3) is 0 Å². The summed E-state index contributed by atoms with van der Waals surface area (Å²) in [6, 6.07) is 31.7. The second-order valence-corrected chi connectivity index (χ2v) is 25.4. The van der Waals surface area contributed by atoms with Crippen molar-refractivity contribution in [3.8, 4) is 0 Å². The minimum Gasteiger partial charge on any atom is -0.413 e. The average molecular weight is 693 g/mol. The predicted octanol–water partition coefficient (Wildman–Crippen LogP) is 8.19. The molecule has 5 nitrogen and oxygen atoms in total. The molecule has 3 aromatic carbocycles. The molecule has 0 unspecified atom stereocenters. The van der Waals surface area contributed by atoms with E-state index in [2.05, 4.69) is 134 Å². The van der Waals surface area contributed by atoms with Crippen LogP contribution in [-0.4, -0.2) is 58.4 Å². The van der Waals surface area contributed by atoms with Crippen LogP contribution in [0.2, 0.25) is 23.2 Å². The maximum atomic E-state index is 11.4. The van der Waals surface area contributed by atoms with Gasteiger partial charge in [0.1, 0.15) is 0 Å². The van der Waals surface area contributed by atoms with E-state index in [1.54, 1.807) is 0 Å². The van der Waals surface area contributed by atoms with Gasteiger partial charge in [-0.15, -0.1) is 0 Å². The number of rotatable bonds is 17. The highest BCUT2D eigenvalue weighted by atomic mass is 28.4. The Balaban J connectivity index is 2.03. The number of aliphatic hydroxyl groups is 2. The number of aliphatic hydroxyl groups excluding tert-OH is 2. The lowest BCUT2D eigenvalue weighted by Gasteiger charge is -2.45. The molecule has 266 valence electrons. The largest absolute Gasteiger partial charge is 0.413 e. The van der Waals surface area contributed by atoms with Gasteiger partial charge in [-0.3, -0.25) is 0 Å². The van der Waals surface area contributed by atoms with E-state index in [0.29, 0.717) is 19.6 Å². The van der Waals surface area contributed by atoms with Crippen molar-refractivity contribution in [3.63, 3.8) is 0 Å². The molecule has 0 saturated carbocycles. The van der Waals surface area contributed by atoms with Crippen LogP contribution in [0.1, 0.15) is 74.3 Å². The zero-order valence-corrected chi connectivity index (χ0v) is 33.6. The molecule has 48 heavy (non-hydrogen) atoms. The SMILES string of the molecule is C[C@H]([C@@H](O)[C@@H](C)CO)[C@@H](OCc1ccccc1)[C@@H](C)[C@H](CCO[Si](c1ccccc1)(c1ccccc1)C(C)(C)C)O[Si](C)(C)C(C)(C)C. The van der Waals surface area contributed by atoms with Crippen molar-refractivity contribution in [1.82, 2.24) is 0 Å². The van der Waals surface area contributed by atoms with Crippen LogP contribution in [0.15, 0.2) is 91.0 Å². The van der Waals surface area contributed by atoms with Crippen LogP contribution in [-0.2, 0) is 20.2 Å². The van der Waals surface area contributed by atoms with Crippen LogP contribution >= 0.6 is 0 Å². The highest BCUT2D eigenvalue weighted by Gasteiger charge is 2.50. The first-order valence-electron chi connectivity index (χ1n) is 17.8. The van der Waals surface area contributed by atoms with Gasteiger partial charge in [-0.2, -0.15) is 0 Å². The Bertz CT molecular complexity index is 1300. The first kappa shape index (κ1) is 40.3. The molecule has 0 amide bonds. The summed E-state index contributed by atoms with van der Waals surface area (Å²) in [5.41, 5.74) is 1.09. The molecule has 0 fully saturated rings. The first-order chi connectivity index (χ1) is 22.5. The molecule has 7 heteroatoms. The van der Waals surface area contributed by atoms with Gasteiger partial charge in [0.15, 0.2) is 8.32 Å². The second kappa shape index (κ2) is 17.2. The molecular formula is C41H64O5Si2. The minimum atomic E-state index is -2.74. The number of hydrogen-bond donors (Lipinski definition) is 2. The van der Waals surface area contributed by atoms with E-state index in [1.807, 2.05) is 32.0 Å². The van der Waals surface area contributed by atoms with Crippen molar-refractivity contribution in [2.24, 2.45) is 17.8 Å². The van der Waals surface area contributed by atoms with Gasteiger partial charge in [-0.1, -0.05) is 153 Å².